The van der Waals surface area contributed by atoms with Crippen molar-refractivity contribution in [2.75, 3.05) is 0 Å². The van der Waals surface area contributed by atoms with Crippen LogP contribution in [0.1, 0.15) is 11.5 Å². The third kappa shape index (κ3) is 2.15. The van der Waals surface area contributed by atoms with Crippen LogP contribution < -0.4 is 5.56 Å². The predicted octanol–water partition coefficient (Wildman–Crippen LogP) is 1.53. The lowest BCUT2D eigenvalue weighted by Gasteiger charge is -2.03. The summed E-state index contributed by atoms with van der Waals surface area (Å²) in [6.07, 6.45) is 1.66. The zero-order chi connectivity index (χ0) is 13.2. The molecule has 1 N–H and O–H groups in total. The average Bonchev–Trinajstić information content (AvgIpc) is 2.90. The number of aliphatic hydroxyl groups is 1. The summed E-state index contributed by atoms with van der Waals surface area (Å²) in [6.45, 7) is 0.101. The highest BCUT2D eigenvalue weighted by molar-refractivity contribution is 5.80. The number of nitrogens with zero attached hydrogens (tertiary/aromatic N) is 2. The van der Waals surface area contributed by atoms with E-state index >= 15 is 0 Å². The fourth-order valence-corrected chi connectivity index (χ4v) is 1.98. The summed E-state index contributed by atoms with van der Waals surface area (Å²) in [5, 5.41) is 14.5. The number of benzene rings is 1. The highest BCUT2D eigenvalue weighted by Gasteiger charge is 2.07. The van der Waals surface area contributed by atoms with Crippen LogP contribution in [0.5, 0.6) is 0 Å². The van der Waals surface area contributed by atoms with Crippen molar-refractivity contribution in [2.24, 2.45) is 0 Å². The van der Waals surface area contributed by atoms with Crippen molar-refractivity contribution in [2.45, 2.75) is 13.2 Å². The highest BCUT2D eigenvalue weighted by atomic mass is 16.4. The molecule has 0 spiro atoms. The van der Waals surface area contributed by atoms with E-state index in [1.807, 2.05) is 18.2 Å². The maximum absolute atomic E-state index is 12.2. The second kappa shape index (κ2) is 4.70. The number of hydrogen-bond acceptors (Lipinski definition) is 4. The quantitative estimate of drug-likeness (QED) is 0.771. The first kappa shape index (κ1) is 11.7. The van der Waals surface area contributed by atoms with Crippen molar-refractivity contribution in [1.82, 2.24) is 9.78 Å². The Balaban J connectivity index is 2.01. The highest BCUT2D eigenvalue weighted by Crippen LogP contribution is 2.10. The molecule has 2 aromatic heterocycles. The van der Waals surface area contributed by atoms with Crippen LogP contribution in [0.2, 0.25) is 0 Å². The van der Waals surface area contributed by atoms with E-state index in [0.717, 1.165) is 5.39 Å². The summed E-state index contributed by atoms with van der Waals surface area (Å²) in [5.74, 6) is 1.07. The first-order valence-electron chi connectivity index (χ1n) is 5.91. The molecule has 5 heteroatoms. The summed E-state index contributed by atoms with van der Waals surface area (Å²) in [7, 11) is 0. The van der Waals surface area contributed by atoms with Crippen LogP contribution in [-0.2, 0) is 13.2 Å². The van der Waals surface area contributed by atoms with Gasteiger partial charge >= 0.3 is 0 Å². The van der Waals surface area contributed by atoms with Gasteiger partial charge in [-0.1, -0.05) is 18.2 Å². The summed E-state index contributed by atoms with van der Waals surface area (Å²) >= 11 is 0. The molecule has 0 bridgehead atoms. The zero-order valence-corrected chi connectivity index (χ0v) is 10.1. The van der Waals surface area contributed by atoms with Crippen LogP contribution in [-0.4, -0.2) is 14.9 Å². The Morgan fingerprint density at radius 2 is 1.95 bits per heavy atom. The molecule has 0 aliphatic carbocycles. The predicted molar refractivity (Wildman–Crippen MR) is 69.7 cm³/mol. The van der Waals surface area contributed by atoms with E-state index in [1.165, 1.54) is 4.68 Å². The zero-order valence-electron chi connectivity index (χ0n) is 10.1. The molecule has 0 saturated carbocycles. The van der Waals surface area contributed by atoms with E-state index in [0.29, 0.717) is 16.9 Å². The Kier molecular flexibility index (Phi) is 2.89. The van der Waals surface area contributed by atoms with Gasteiger partial charge in [-0.15, -0.1) is 0 Å². The molecule has 19 heavy (non-hydrogen) atoms. The van der Waals surface area contributed by atoms with Gasteiger partial charge in [0.15, 0.2) is 0 Å². The maximum Gasteiger partial charge on any atom is 0.275 e. The molecule has 96 valence electrons. The van der Waals surface area contributed by atoms with Gasteiger partial charge in [-0.3, -0.25) is 4.79 Å². The second-order valence-corrected chi connectivity index (χ2v) is 4.22. The van der Waals surface area contributed by atoms with Crippen LogP contribution in [0.25, 0.3) is 10.8 Å². The standard InChI is InChI=1S/C14H12N2O3/c17-9-12-6-5-11(19-12)8-16-14(18)13-4-2-1-3-10(13)7-15-16/h1-7,17H,8-9H2. The third-order valence-electron chi connectivity index (χ3n) is 2.94. The molecule has 0 radical (unpaired) electrons. The minimum Gasteiger partial charge on any atom is -0.462 e. The third-order valence-corrected chi connectivity index (χ3v) is 2.94. The Bertz CT molecular complexity index is 773. The van der Waals surface area contributed by atoms with E-state index in [-0.39, 0.29) is 18.7 Å². The molecule has 0 saturated heterocycles. The molecule has 0 aliphatic rings. The SMILES string of the molecule is O=c1c2ccccc2cnn1Cc1ccc(CO)o1. The van der Waals surface area contributed by atoms with Crippen molar-refractivity contribution in [3.8, 4) is 0 Å². The summed E-state index contributed by atoms with van der Waals surface area (Å²) < 4.78 is 6.70. The lowest BCUT2D eigenvalue weighted by molar-refractivity contribution is 0.242. The molecule has 0 fully saturated rings. The first-order chi connectivity index (χ1) is 9.28. The van der Waals surface area contributed by atoms with Gasteiger partial charge in [-0.2, -0.15) is 5.10 Å². The van der Waals surface area contributed by atoms with E-state index < -0.39 is 0 Å². The van der Waals surface area contributed by atoms with Crippen LogP contribution >= 0.6 is 0 Å². The molecular weight excluding hydrogens is 244 g/mol. The van der Waals surface area contributed by atoms with Gasteiger partial charge in [0.05, 0.1) is 11.6 Å². The van der Waals surface area contributed by atoms with E-state index in [1.54, 1.807) is 24.4 Å². The van der Waals surface area contributed by atoms with Gasteiger partial charge in [0.1, 0.15) is 24.7 Å². The van der Waals surface area contributed by atoms with E-state index in [2.05, 4.69) is 5.10 Å². The number of aromatic nitrogens is 2. The van der Waals surface area contributed by atoms with Crippen LogP contribution in [0.4, 0.5) is 0 Å². The lowest BCUT2D eigenvalue weighted by atomic mass is 10.2. The van der Waals surface area contributed by atoms with Crippen LogP contribution in [0, 0.1) is 0 Å². The summed E-state index contributed by atoms with van der Waals surface area (Å²) in [4.78, 5) is 12.2. The number of fused-ring (bicyclic) bond motifs is 1. The van der Waals surface area contributed by atoms with Crippen molar-refractivity contribution < 1.29 is 9.52 Å². The monoisotopic (exact) mass is 256 g/mol. The van der Waals surface area contributed by atoms with Gasteiger partial charge in [0.25, 0.3) is 5.56 Å². The van der Waals surface area contributed by atoms with Gasteiger partial charge < -0.3 is 9.52 Å². The fraction of sp³-hybridized carbons (Fsp3) is 0.143. The normalized spacial score (nSPS) is 11.0. The summed E-state index contributed by atoms with van der Waals surface area (Å²) in [5.41, 5.74) is -0.153. The van der Waals surface area contributed by atoms with Gasteiger partial charge in [-0.05, 0) is 18.2 Å². The van der Waals surface area contributed by atoms with Crippen molar-refractivity contribution in [3.63, 3.8) is 0 Å². The minimum absolute atomic E-state index is 0.153. The molecule has 5 nitrogen and oxygen atoms in total. The number of rotatable bonds is 3. The number of furan rings is 1. The summed E-state index contributed by atoms with van der Waals surface area (Å²) in [6, 6.07) is 10.7. The fourth-order valence-electron chi connectivity index (χ4n) is 1.98. The Morgan fingerprint density at radius 3 is 2.74 bits per heavy atom. The molecule has 0 unspecified atom stereocenters. The van der Waals surface area contributed by atoms with Crippen molar-refractivity contribution >= 4 is 10.8 Å². The number of aliphatic hydroxyl groups excluding tert-OH is 1. The molecule has 0 atom stereocenters. The molecule has 3 aromatic rings. The Labute approximate surface area is 108 Å². The average molecular weight is 256 g/mol. The molecule has 0 amide bonds. The van der Waals surface area contributed by atoms with Crippen molar-refractivity contribution in [3.05, 3.63) is 64.5 Å². The topological polar surface area (TPSA) is 68.3 Å². The van der Waals surface area contributed by atoms with Gasteiger partial charge in [0.2, 0.25) is 0 Å². The molecule has 3 rings (SSSR count). The molecule has 2 heterocycles. The Hall–Kier alpha value is -2.40. The van der Waals surface area contributed by atoms with Gasteiger partial charge in [-0.25, -0.2) is 4.68 Å². The smallest absolute Gasteiger partial charge is 0.275 e. The van der Waals surface area contributed by atoms with E-state index in [9.17, 15) is 4.79 Å². The minimum atomic E-state index is -0.153. The Morgan fingerprint density at radius 1 is 1.16 bits per heavy atom. The number of hydrogen-bond donors (Lipinski definition) is 1. The molecule has 1 aromatic carbocycles. The van der Waals surface area contributed by atoms with Crippen LogP contribution in [0.15, 0.2) is 51.8 Å². The van der Waals surface area contributed by atoms with E-state index in [4.69, 9.17) is 9.52 Å². The second-order valence-electron chi connectivity index (χ2n) is 4.22. The molecular formula is C14H12N2O3. The van der Waals surface area contributed by atoms with Crippen LogP contribution in [0.3, 0.4) is 0 Å². The van der Waals surface area contributed by atoms with Crippen molar-refractivity contribution in [1.29, 1.82) is 0 Å². The first-order valence-corrected chi connectivity index (χ1v) is 5.91. The van der Waals surface area contributed by atoms with Gasteiger partial charge in [0, 0.05) is 5.39 Å². The lowest BCUT2D eigenvalue weighted by Crippen LogP contribution is -2.23. The molecule has 0 aliphatic heterocycles. The maximum atomic E-state index is 12.2. The largest absolute Gasteiger partial charge is 0.462 e.